The molecule has 2 aliphatic heterocycles. The van der Waals surface area contributed by atoms with Gasteiger partial charge in [-0.05, 0) is 63.7 Å². The Hall–Kier alpha value is -1.59. The molecule has 0 bridgehead atoms. The zero-order valence-electron chi connectivity index (χ0n) is 17.1. The van der Waals surface area contributed by atoms with E-state index >= 15 is 0 Å². The van der Waals surface area contributed by atoms with Crippen molar-refractivity contribution in [3.8, 4) is 0 Å². The SMILES string of the molecule is CC(C)(CNC(=O)NCCCN1CCc2ccccc2C1)N1CCCCC1. The highest BCUT2D eigenvalue weighted by atomic mass is 16.2. The van der Waals surface area contributed by atoms with Gasteiger partial charge in [0.1, 0.15) is 0 Å². The van der Waals surface area contributed by atoms with Crippen LogP contribution < -0.4 is 10.6 Å². The topological polar surface area (TPSA) is 47.6 Å². The van der Waals surface area contributed by atoms with E-state index in [-0.39, 0.29) is 11.6 Å². The molecule has 2 amide bonds. The fourth-order valence-corrected chi connectivity index (χ4v) is 4.22. The number of amides is 2. The van der Waals surface area contributed by atoms with Crippen LogP contribution in [0.15, 0.2) is 24.3 Å². The van der Waals surface area contributed by atoms with Crippen LogP contribution in [0.5, 0.6) is 0 Å². The Kier molecular flexibility index (Phi) is 7.13. The number of carbonyl (C=O) groups is 1. The molecule has 1 saturated heterocycles. The van der Waals surface area contributed by atoms with Crippen LogP contribution in [-0.2, 0) is 13.0 Å². The van der Waals surface area contributed by atoms with Crippen LogP contribution in [0.1, 0.15) is 50.7 Å². The minimum absolute atomic E-state index is 0.0267. The first-order chi connectivity index (χ1) is 13.0. The Morgan fingerprint density at radius 3 is 2.56 bits per heavy atom. The van der Waals surface area contributed by atoms with Crippen molar-refractivity contribution >= 4 is 6.03 Å². The lowest BCUT2D eigenvalue weighted by Gasteiger charge is -2.41. The van der Waals surface area contributed by atoms with Gasteiger partial charge in [-0.25, -0.2) is 4.79 Å². The molecule has 2 N–H and O–H groups in total. The van der Waals surface area contributed by atoms with Gasteiger partial charge in [-0.2, -0.15) is 0 Å². The van der Waals surface area contributed by atoms with Gasteiger partial charge in [0.15, 0.2) is 0 Å². The van der Waals surface area contributed by atoms with Crippen molar-refractivity contribution in [3.05, 3.63) is 35.4 Å². The summed E-state index contributed by atoms with van der Waals surface area (Å²) in [5, 5.41) is 6.09. The summed E-state index contributed by atoms with van der Waals surface area (Å²) in [4.78, 5) is 17.1. The maximum Gasteiger partial charge on any atom is 0.314 e. The van der Waals surface area contributed by atoms with E-state index in [9.17, 15) is 4.79 Å². The molecule has 1 fully saturated rings. The van der Waals surface area contributed by atoms with E-state index < -0.39 is 0 Å². The highest BCUT2D eigenvalue weighted by molar-refractivity contribution is 5.73. The Morgan fingerprint density at radius 2 is 1.78 bits per heavy atom. The summed E-state index contributed by atoms with van der Waals surface area (Å²) < 4.78 is 0. The number of nitrogens with zero attached hydrogens (tertiary/aromatic N) is 2. The number of carbonyl (C=O) groups excluding carboxylic acids is 1. The van der Waals surface area contributed by atoms with E-state index in [0.29, 0.717) is 6.54 Å². The fraction of sp³-hybridized carbons (Fsp3) is 0.682. The van der Waals surface area contributed by atoms with Crippen molar-refractivity contribution in [2.45, 2.75) is 58.0 Å². The maximum absolute atomic E-state index is 12.1. The third-order valence-corrected chi connectivity index (χ3v) is 6.04. The first-order valence-corrected chi connectivity index (χ1v) is 10.6. The molecule has 0 aromatic heterocycles. The van der Waals surface area contributed by atoms with Crippen LogP contribution in [-0.4, -0.2) is 60.6 Å². The number of piperidine rings is 1. The van der Waals surface area contributed by atoms with Crippen molar-refractivity contribution in [2.24, 2.45) is 0 Å². The molecule has 1 aromatic carbocycles. The Bertz CT molecular complexity index is 610. The zero-order valence-corrected chi connectivity index (χ0v) is 17.1. The van der Waals surface area contributed by atoms with Crippen LogP contribution in [0.2, 0.25) is 0 Å². The molecule has 2 aliphatic rings. The Morgan fingerprint density at radius 1 is 1.04 bits per heavy atom. The lowest BCUT2D eigenvalue weighted by molar-refractivity contribution is 0.0960. The van der Waals surface area contributed by atoms with Gasteiger partial charge in [-0.3, -0.25) is 9.80 Å². The molecule has 0 atom stereocenters. The smallest absolute Gasteiger partial charge is 0.314 e. The van der Waals surface area contributed by atoms with Crippen LogP contribution >= 0.6 is 0 Å². The second-order valence-electron chi connectivity index (χ2n) is 8.62. The number of likely N-dealkylation sites (tertiary alicyclic amines) is 1. The summed E-state index contributed by atoms with van der Waals surface area (Å²) in [7, 11) is 0. The lowest BCUT2D eigenvalue weighted by Crippen LogP contribution is -2.54. The first kappa shape index (κ1) is 20.2. The second kappa shape index (κ2) is 9.56. The molecule has 0 radical (unpaired) electrons. The van der Waals surface area contributed by atoms with Crippen LogP contribution in [0.25, 0.3) is 0 Å². The number of urea groups is 1. The van der Waals surface area contributed by atoms with Gasteiger partial charge in [0.05, 0.1) is 0 Å². The average Bonchev–Trinajstić information content (AvgIpc) is 2.70. The summed E-state index contributed by atoms with van der Waals surface area (Å²) in [6, 6.07) is 8.69. The molecule has 5 nitrogen and oxygen atoms in total. The molecule has 1 aromatic rings. The minimum atomic E-state index is -0.0379. The summed E-state index contributed by atoms with van der Waals surface area (Å²) >= 11 is 0. The largest absolute Gasteiger partial charge is 0.338 e. The molecule has 0 unspecified atom stereocenters. The molecule has 5 heteroatoms. The van der Waals surface area contributed by atoms with Crippen molar-refractivity contribution in [2.75, 3.05) is 39.3 Å². The number of hydrogen-bond acceptors (Lipinski definition) is 3. The minimum Gasteiger partial charge on any atom is -0.338 e. The molecule has 150 valence electrons. The first-order valence-electron chi connectivity index (χ1n) is 10.6. The zero-order chi connectivity index (χ0) is 19.1. The predicted octanol–water partition coefficient (Wildman–Crippen LogP) is 3.00. The molecular formula is C22H36N4O. The van der Waals surface area contributed by atoms with E-state index in [2.05, 4.69) is 58.5 Å². The van der Waals surface area contributed by atoms with E-state index in [1.54, 1.807) is 0 Å². The van der Waals surface area contributed by atoms with Crippen molar-refractivity contribution in [1.82, 2.24) is 20.4 Å². The quantitative estimate of drug-likeness (QED) is 0.724. The highest BCUT2D eigenvalue weighted by Crippen LogP contribution is 2.20. The molecule has 0 spiro atoms. The summed E-state index contributed by atoms with van der Waals surface area (Å²) in [5.74, 6) is 0. The Labute approximate surface area is 164 Å². The van der Waals surface area contributed by atoms with E-state index in [1.165, 1.54) is 30.4 Å². The highest BCUT2D eigenvalue weighted by Gasteiger charge is 2.28. The summed E-state index contributed by atoms with van der Waals surface area (Å²) in [5.41, 5.74) is 2.97. The molecular weight excluding hydrogens is 336 g/mol. The normalized spacial score (nSPS) is 18.7. The van der Waals surface area contributed by atoms with Gasteiger partial charge in [0, 0.05) is 38.3 Å². The van der Waals surface area contributed by atoms with Crippen LogP contribution in [0.3, 0.4) is 0 Å². The average molecular weight is 373 g/mol. The summed E-state index contributed by atoms with van der Waals surface area (Å²) in [6.07, 6.45) is 6.01. The van der Waals surface area contributed by atoms with Crippen molar-refractivity contribution < 1.29 is 4.79 Å². The molecule has 27 heavy (non-hydrogen) atoms. The number of fused-ring (bicyclic) bond motifs is 1. The molecule has 0 saturated carbocycles. The van der Waals surface area contributed by atoms with Gasteiger partial charge in [-0.15, -0.1) is 0 Å². The Balaban J connectivity index is 1.30. The van der Waals surface area contributed by atoms with Crippen LogP contribution in [0, 0.1) is 0 Å². The second-order valence-corrected chi connectivity index (χ2v) is 8.62. The van der Waals surface area contributed by atoms with Gasteiger partial charge in [0.25, 0.3) is 0 Å². The van der Waals surface area contributed by atoms with Gasteiger partial charge < -0.3 is 10.6 Å². The van der Waals surface area contributed by atoms with Crippen molar-refractivity contribution in [3.63, 3.8) is 0 Å². The van der Waals surface area contributed by atoms with Crippen molar-refractivity contribution in [1.29, 1.82) is 0 Å². The number of rotatable bonds is 7. The number of benzene rings is 1. The maximum atomic E-state index is 12.1. The monoisotopic (exact) mass is 372 g/mol. The van der Waals surface area contributed by atoms with E-state index in [4.69, 9.17) is 0 Å². The molecule has 2 heterocycles. The third-order valence-electron chi connectivity index (χ3n) is 6.04. The van der Waals surface area contributed by atoms with Gasteiger partial charge in [0.2, 0.25) is 0 Å². The van der Waals surface area contributed by atoms with E-state index in [0.717, 1.165) is 52.1 Å². The lowest BCUT2D eigenvalue weighted by atomic mass is 9.98. The molecule has 0 aliphatic carbocycles. The third kappa shape index (κ3) is 5.94. The standard InChI is InChI=1S/C22H36N4O/c1-22(2,26-14-6-3-7-15-26)18-24-21(27)23-12-8-13-25-16-11-19-9-4-5-10-20(19)17-25/h4-5,9-10H,3,6-8,11-18H2,1-2H3,(H2,23,24,27). The number of nitrogens with one attached hydrogen (secondary N) is 2. The van der Waals surface area contributed by atoms with Crippen LogP contribution in [0.4, 0.5) is 4.79 Å². The molecule has 3 rings (SSSR count). The number of hydrogen-bond donors (Lipinski definition) is 2. The van der Waals surface area contributed by atoms with Gasteiger partial charge >= 0.3 is 6.03 Å². The van der Waals surface area contributed by atoms with Gasteiger partial charge in [-0.1, -0.05) is 30.7 Å². The fourth-order valence-electron chi connectivity index (χ4n) is 4.22. The summed E-state index contributed by atoms with van der Waals surface area (Å²) in [6.45, 7) is 11.4. The predicted molar refractivity (Wildman–Crippen MR) is 111 cm³/mol. The van der Waals surface area contributed by atoms with E-state index in [1.807, 2.05) is 0 Å².